The third kappa shape index (κ3) is 3.33. The van der Waals surface area contributed by atoms with Gasteiger partial charge in [-0.1, -0.05) is 42.0 Å². The van der Waals surface area contributed by atoms with E-state index >= 15 is 0 Å². The van der Waals surface area contributed by atoms with Crippen molar-refractivity contribution in [1.82, 2.24) is 9.97 Å². The molecule has 0 unspecified atom stereocenters. The highest BCUT2D eigenvalue weighted by atomic mass is 32.2. The lowest BCUT2D eigenvalue weighted by Gasteiger charge is -2.08. The molecule has 0 fully saturated rings. The molecule has 0 spiro atoms. The van der Waals surface area contributed by atoms with Crippen molar-refractivity contribution in [2.75, 3.05) is 6.26 Å². The van der Waals surface area contributed by atoms with Gasteiger partial charge in [0.25, 0.3) is 0 Å². The molecule has 2 aromatic carbocycles. The van der Waals surface area contributed by atoms with Crippen LogP contribution in [0.5, 0.6) is 0 Å². The first-order valence-corrected chi connectivity index (χ1v) is 9.15. The molecule has 0 aliphatic rings. The molecule has 0 radical (unpaired) electrons. The zero-order valence-electron chi connectivity index (χ0n) is 13.2. The molecular formula is C18H15FN2O2S. The number of nitrogens with zero attached hydrogens (tertiary/aromatic N) is 2. The van der Waals surface area contributed by atoms with Crippen LogP contribution in [0.1, 0.15) is 5.56 Å². The van der Waals surface area contributed by atoms with E-state index in [1.807, 2.05) is 31.2 Å². The summed E-state index contributed by atoms with van der Waals surface area (Å²) in [5.74, 6) is -0.467. The molecule has 24 heavy (non-hydrogen) atoms. The van der Waals surface area contributed by atoms with Gasteiger partial charge < -0.3 is 0 Å². The zero-order valence-corrected chi connectivity index (χ0v) is 14.0. The summed E-state index contributed by atoms with van der Waals surface area (Å²) in [5.41, 5.74) is 2.72. The summed E-state index contributed by atoms with van der Waals surface area (Å²) in [6.07, 6.45) is 1.03. The van der Waals surface area contributed by atoms with Crippen LogP contribution in [0.25, 0.3) is 22.5 Å². The molecule has 0 amide bonds. The van der Waals surface area contributed by atoms with Crippen molar-refractivity contribution < 1.29 is 12.8 Å². The molecule has 6 heteroatoms. The topological polar surface area (TPSA) is 59.9 Å². The second-order valence-electron chi connectivity index (χ2n) is 5.54. The number of aryl methyl sites for hydroxylation is 1. The van der Waals surface area contributed by atoms with E-state index in [2.05, 4.69) is 9.97 Å². The van der Waals surface area contributed by atoms with E-state index in [4.69, 9.17) is 0 Å². The Bertz CT molecular complexity index is 1000. The lowest BCUT2D eigenvalue weighted by atomic mass is 10.1. The first kappa shape index (κ1) is 16.3. The van der Waals surface area contributed by atoms with Crippen LogP contribution in [-0.4, -0.2) is 24.6 Å². The van der Waals surface area contributed by atoms with Crippen molar-refractivity contribution in [2.24, 2.45) is 0 Å². The van der Waals surface area contributed by atoms with Crippen molar-refractivity contribution in [3.63, 3.8) is 0 Å². The second-order valence-corrected chi connectivity index (χ2v) is 7.45. The number of sulfone groups is 1. The summed E-state index contributed by atoms with van der Waals surface area (Å²) in [6.45, 7) is 1.95. The SMILES string of the molecule is Cc1ccc(-c2cc(-c3ccccc3F)nc(S(C)(=O)=O)n2)cc1. The number of aromatic nitrogens is 2. The third-order valence-electron chi connectivity index (χ3n) is 3.53. The zero-order chi connectivity index (χ0) is 17.3. The van der Waals surface area contributed by atoms with Gasteiger partial charge in [-0.2, -0.15) is 0 Å². The average molecular weight is 342 g/mol. The molecule has 1 aromatic heterocycles. The van der Waals surface area contributed by atoms with Crippen LogP contribution in [0.2, 0.25) is 0 Å². The van der Waals surface area contributed by atoms with Crippen LogP contribution in [0.3, 0.4) is 0 Å². The van der Waals surface area contributed by atoms with Crippen molar-refractivity contribution in [1.29, 1.82) is 0 Å². The Morgan fingerprint density at radius 2 is 1.54 bits per heavy atom. The molecule has 0 atom stereocenters. The van der Waals surface area contributed by atoms with Crippen LogP contribution in [0.15, 0.2) is 59.8 Å². The van der Waals surface area contributed by atoms with E-state index < -0.39 is 15.7 Å². The maximum absolute atomic E-state index is 14.1. The fraction of sp³-hybridized carbons (Fsp3) is 0.111. The molecule has 122 valence electrons. The van der Waals surface area contributed by atoms with Gasteiger partial charge in [-0.25, -0.2) is 22.8 Å². The Morgan fingerprint density at radius 1 is 0.917 bits per heavy atom. The number of benzene rings is 2. The molecule has 0 aliphatic heterocycles. The van der Waals surface area contributed by atoms with Gasteiger partial charge in [0.2, 0.25) is 15.0 Å². The predicted octanol–water partition coefficient (Wildman–Crippen LogP) is 3.66. The van der Waals surface area contributed by atoms with Crippen molar-refractivity contribution >= 4 is 9.84 Å². The van der Waals surface area contributed by atoms with E-state index in [0.717, 1.165) is 17.4 Å². The molecule has 0 aliphatic carbocycles. The minimum Gasteiger partial charge on any atom is -0.221 e. The standard InChI is InChI=1S/C18H15FN2O2S/c1-12-7-9-13(10-8-12)16-11-17(14-5-3-4-6-15(14)19)21-18(20-16)24(2,22)23/h3-11H,1-2H3. The fourth-order valence-corrected chi connectivity index (χ4v) is 2.80. The summed E-state index contributed by atoms with van der Waals surface area (Å²) in [5, 5.41) is -0.321. The molecular weight excluding hydrogens is 327 g/mol. The van der Waals surface area contributed by atoms with Crippen molar-refractivity contribution in [3.05, 3.63) is 66.0 Å². The fourth-order valence-electron chi connectivity index (χ4n) is 2.27. The number of rotatable bonds is 3. The minimum atomic E-state index is -3.63. The Labute approximate surface area is 140 Å². The summed E-state index contributed by atoms with van der Waals surface area (Å²) >= 11 is 0. The van der Waals surface area contributed by atoms with Crippen LogP contribution in [-0.2, 0) is 9.84 Å². The van der Waals surface area contributed by atoms with E-state index in [0.29, 0.717) is 5.69 Å². The van der Waals surface area contributed by atoms with Gasteiger partial charge in [-0.05, 0) is 25.1 Å². The largest absolute Gasteiger partial charge is 0.247 e. The average Bonchev–Trinajstić information content (AvgIpc) is 2.55. The maximum Gasteiger partial charge on any atom is 0.247 e. The minimum absolute atomic E-state index is 0.234. The highest BCUT2D eigenvalue weighted by Gasteiger charge is 2.17. The molecule has 1 heterocycles. The molecule has 0 bridgehead atoms. The first-order chi connectivity index (χ1) is 11.3. The van der Waals surface area contributed by atoms with E-state index in [9.17, 15) is 12.8 Å². The van der Waals surface area contributed by atoms with Crippen molar-refractivity contribution in [2.45, 2.75) is 12.1 Å². The monoisotopic (exact) mass is 342 g/mol. The van der Waals surface area contributed by atoms with Gasteiger partial charge >= 0.3 is 0 Å². The van der Waals surface area contributed by atoms with E-state index in [1.165, 1.54) is 6.07 Å². The molecule has 0 N–H and O–H groups in total. The van der Waals surface area contributed by atoms with E-state index in [-0.39, 0.29) is 16.4 Å². The second kappa shape index (κ2) is 6.13. The highest BCUT2D eigenvalue weighted by Crippen LogP contribution is 2.26. The molecule has 4 nitrogen and oxygen atoms in total. The van der Waals surface area contributed by atoms with Crippen molar-refractivity contribution in [3.8, 4) is 22.5 Å². The Kier molecular flexibility index (Phi) is 4.15. The summed E-state index contributed by atoms with van der Waals surface area (Å²) in [6, 6.07) is 15.2. The molecule has 0 saturated carbocycles. The number of halogens is 1. The van der Waals surface area contributed by atoms with Gasteiger partial charge in [0.1, 0.15) is 5.82 Å². The van der Waals surface area contributed by atoms with Crippen LogP contribution in [0.4, 0.5) is 4.39 Å². The first-order valence-electron chi connectivity index (χ1n) is 7.26. The van der Waals surface area contributed by atoms with Crippen LogP contribution < -0.4 is 0 Å². The molecule has 0 saturated heterocycles. The Hall–Kier alpha value is -2.60. The maximum atomic E-state index is 14.1. The predicted molar refractivity (Wildman–Crippen MR) is 90.7 cm³/mol. The van der Waals surface area contributed by atoms with Gasteiger partial charge in [0.05, 0.1) is 11.4 Å². The number of hydrogen-bond acceptors (Lipinski definition) is 4. The lowest BCUT2D eigenvalue weighted by Crippen LogP contribution is -2.06. The summed E-state index contributed by atoms with van der Waals surface area (Å²) in [7, 11) is -3.63. The summed E-state index contributed by atoms with van der Waals surface area (Å²) < 4.78 is 37.9. The third-order valence-corrected chi connectivity index (χ3v) is 4.38. The van der Waals surface area contributed by atoms with Gasteiger partial charge in [0, 0.05) is 17.4 Å². The van der Waals surface area contributed by atoms with Gasteiger partial charge in [-0.15, -0.1) is 0 Å². The normalized spacial score (nSPS) is 11.5. The quantitative estimate of drug-likeness (QED) is 0.682. The van der Waals surface area contributed by atoms with Gasteiger partial charge in [-0.3, -0.25) is 0 Å². The smallest absolute Gasteiger partial charge is 0.221 e. The highest BCUT2D eigenvalue weighted by molar-refractivity contribution is 7.90. The molecule has 3 rings (SSSR count). The van der Waals surface area contributed by atoms with E-state index in [1.54, 1.807) is 24.3 Å². The van der Waals surface area contributed by atoms with Gasteiger partial charge in [0.15, 0.2) is 0 Å². The Morgan fingerprint density at radius 3 is 2.17 bits per heavy atom. The molecule has 3 aromatic rings. The lowest BCUT2D eigenvalue weighted by molar-refractivity contribution is 0.593. The summed E-state index contributed by atoms with van der Waals surface area (Å²) in [4.78, 5) is 8.18. The van der Waals surface area contributed by atoms with Crippen LogP contribution >= 0.6 is 0 Å². The Balaban J connectivity index is 2.25. The van der Waals surface area contributed by atoms with Crippen LogP contribution in [0, 0.1) is 12.7 Å². The number of hydrogen-bond donors (Lipinski definition) is 0.